The number of furan rings is 1. The summed E-state index contributed by atoms with van der Waals surface area (Å²) >= 11 is 6.02. The van der Waals surface area contributed by atoms with Crippen molar-refractivity contribution in [2.45, 2.75) is 19.9 Å². The normalized spacial score (nSPS) is 12.7. The lowest BCUT2D eigenvalue weighted by atomic mass is 9.96. The zero-order valence-electron chi connectivity index (χ0n) is 10.3. The Morgan fingerprint density at radius 1 is 1.33 bits per heavy atom. The Balaban J connectivity index is 2.45. The van der Waals surface area contributed by atoms with Gasteiger partial charge in [0.25, 0.3) is 0 Å². The predicted molar refractivity (Wildman–Crippen MR) is 70.4 cm³/mol. The molecule has 0 saturated heterocycles. The summed E-state index contributed by atoms with van der Waals surface area (Å²) < 4.78 is 18.3. The first-order valence-electron chi connectivity index (χ1n) is 5.85. The topological polar surface area (TPSA) is 25.2 Å². The molecule has 0 spiro atoms. The van der Waals surface area contributed by atoms with Crippen LogP contribution in [0.3, 0.4) is 0 Å². The van der Waals surface area contributed by atoms with Crippen molar-refractivity contribution in [3.8, 4) is 0 Å². The summed E-state index contributed by atoms with van der Waals surface area (Å²) in [6.07, 6.45) is 1.56. The number of rotatable bonds is 4. The van der Waals surface area contributed by atoms with Gasteiger partial charge in [0.05, 0.1) is 12.3 Å². The average Bonchev–Trinajstić information content (AvgIpc) is 2.73. The van der Waals surface area contributed by atoms with Gasteiger partial charge in [-0.05, 0) is 54.4 Å². The molecule has 0 fully saturated rings. The van der Waals surface area contributed by atoms with Gasteiger partial charge in [-0.2, -0.15) is 0 Å². The van der Waals surface area contributed by atoms with Crippen LogP contribution in [-0.2, 0) is 0 Å². The van der Waals surface area contributed by atoms with Crippen LogP contribution in [0.15, 0.2) is 34.9 Å². The van der Waals surface area contributed by atoms with Crippen LogP contribution < -0.4 is 5.32 Å². The minimum atomic E-state index is -0.232. The van der Waals surface area contributed by atoms with Gasteiger partial charge in [-0.15, -0.1) is 0 Å². The van der Waals surface area contributed by atoms with Gasteiger partial charge in [0, 0.05) is 5.56 Å². The van der Waals surface area contributed by atoms with Crippen molar-refractivity contribution in [1.82, 2.24) is 5.32 Å². The average molecular weight is 268 g/mol. The van der Waals surface area contributed by atoms with E-state index < -0.39 is 0 Å². The molecule has 1 aromatic heterocycles. The highest BCUT2D eigenvalue weighted by atomic mass is 35.5. The van der Waals surface area contributed by atoms with Crippen molar-refractivity contribution >= 4 is 11.6 Å². The van der Waals surface area contributed by atoms with E-state index in [9.17, 15) is 4.39 Å². The van der Waals surface area contributed by atoms with E-state index in [1.807, 2.05) is 19.9 Å². The molecule has 0 aliphatic carbocycles. The van der Waals surface area contributed by atoms with E-state index in [4.69, 9.17) is 16.0 Å². The summed E-state index contributed by atoms with van der Waals surface area (Å²) in [7, 11) is 0. The molecule has 0 radical (unpaired) electrons. The molecule has 1 N–H and O–H groups in total. The van der Waals surface area contributed by atoms with Gasteiger partial charge in [0.1, 0.15) is 5.82 Å². The maximum Gasteiger partial charge on any atom is 0.198 e. The number of benzene rings is 1. The molecule has 1 unspecified atom stereocenters. The van der Waals surface area contributed by atoms with E-state index in [0.29, 0.717) is 5.22 Å². The van der Waals surface area contributed by atoms with Crippen LogP contribution in [0.4, 0.5) is 4.39 Å². The van der Waals surface area contributed by atoms with Crippen LogP contribution >= 0.6 is 11.6 Å². The molecule has 18 heavy (non-hydrogen) atoms. The molecular weight excluding hydrogens is 253 g/mol. The standard InChI is InChI=1S/C14H15ClFNO/c1-3-17-13(12-6-7-18-14(12)15)11-5-4-10(16)8-9(11)2/h4-8,13,17H,3H2,1-2H3. The van der Waals surface area contributed by atoms with E-state index in [0.717, 1.165) is 23.2 Å². The number of nitrogens with one attached hydrogen (secondary N) is 1. The van der Waals surface area contributed by atoms with Crippen LogP contribution in [-0.4, -0.2) is 6.54 Å². The van der Waals surface area contributed by atoms with Crippen molar-refractivity contribution in [3.63, 3.8) is 0 Å². The Hall–Kier alpha value is -1.32. The third-order valence-electron chi connectivity index (χ3n) is 2.91. The highest BCUT2D eigenvalue weighted by Crippen LogP contribution is 2.31. The molecule has 0 bridgehead atoms. The van der Waals surface area contributed by atoms with Crippen LogP contribution in [0.1, 0.15) is 29.7 Å². The maximum absolute atomic E-state index is 13.2. The zero-order valence-corrected chi connectivity index (χ0v) is 11.1. The van der Waals surface area contributed by atoms with Crippen molar-refractivity contribution in [2.24, 2.45) is 0 Å². The van der Waals surface area contributed by atoms with Crippen molar-refractivity contribution in [1.29, 1.82) is 0 Å². The van der Waals surface area contributed by atoms with E-state index >= 15 is 0 Å². The minimum absolute atomic E-state index is 0.0816. The summed E-state index contributed by atoms with van der Waals surface area (Å²) in [6, 6.07) is 6.51. The lowest BCUT2D eigenvalue weighted by Gasteiger charge is -2.19. The van der Waals surface area contributed by atoms with Crippen LogP contribution in [0.5, 0.6) is 0 Å². The number of hydrogen-bond acceptors (Lipinski definition) is 2. The Morgan fingerprint density at radius 3 is 2.67 bits per heavy atom. The van der Waals surface area contributed by atoms with Gasteiger partial charge in [0.2, 0.25) is 0 Å². The highest BCUT2D eigenvalue weighted by molar-refractivity contribution is 6.29. The summed E-state index contributed by atoms with van der Waals surface area (Å²) in [5.41, 5.74) is 2.76. The molecule has 0 aliphatic rings. The molecule has 0 saturated carbocycles. The second-order valence-corrected chi connectivity index (χ2v) is 4.48. The molecule has 4 heteroatoms. The smallest absolute Gasteiger partial charge is 0.198 e. The first kappa shape index (κ1) is 13.1. The zero-order chi connectivity index (χ0) is 13.1. The monoisotopic (exact) mass is 267 g/mol. The van der Waals surface area contributed by atoms with Crippen molar-refractivity contribution < 1.29 is 8.81 Å². The van der Waals surface area contributed by atoms with Gasteiger partial charge in [-0.25, -0.2) is 4.39 Å². The van der Waals surface area contributed by atoms with E-state index in [2.05, 4.69) is 5.32 Å². The fourth-order valence-corrected chi connectivity index (χ4v) is 2.29. The van der Waals surface area contributed by atoms with Gasteiger partial charge < -0.3 is 9.73 Å². The summed E-state index contributed by atoms with van der Waals surface area (Å²) in [6.45, 7) is 4.68. The molecule has 0 aliphatic heterocycles. The number of halogens is 2. The molecule has 1 aromatic carbocycles. The molecular formula is C14H15ClFNO. The molecule has 2 nitrogen and oxygen atoms in total. The van der Waals surface area contributed by atoms with Gasteiger partial charge in [0.15, 0.2) is 5.22 Å². The Bertz CT molecular complexity index is 538. The lowest BCUT2D eigenvalue weighted by Crippen LogP contribution is -2.22. The number of hydrogen-bond donors (Lipinski definition) is 1. The summed E-state index contributed by atoms with van der Waals surface area (Å²) in [5, 5.41) is 3.70. The molecule has 2 aromatic rings. The molecule has 2 rings (SSSR count). The van der Waals surface area contributed by atoms with E-state index in [-0.39, 0.29) is 11.9 Å². The molecule has 1 heterocycles. The number of aryl methyl sites for hydroxylation is 1. The van der Waals surface area contributed by atoms with Crippen LogP contribution in [0, 0.1) is 12.7 Å². The minimum Gasteiger partial charge on any atom is -0.453 e. The Kier molecular flexibility index (Phi) is 4.04. The molecule has 0 amide bonds. The van der Waals surface area contributed by atoms with Crippen LogP contribution in [0.25, 0.3) is 0 Å². The van der Waals surface area contributed by atoms with E-state index in [1.54, 1.807) is 12.3 Å². The first-order chi connectivity index (χ1) is 8.63. The SMILES string of the molecule is CCNC(c1ccc(F)cc1C)c1ccoc1Cl. The van der Waals surface area contributed by atoms with Gasteiger partial charge in [-0.3, -0.25) is 0 Å². The summed E-state index contributed by atoms with van der Waals surface area (Å²) in [4.78, 5) is 0. The van der Waals surface area contributed by atoms with Crippen LogP contribution in [0.2, 0.25) is 5.22 Å². The Labute approximate surface area is 111 Å². The van der Waals surface area contributed by atoms with Crippen molar-refractivity contribution in [3.05, 3.63) is 58.3 Å². The van der Waals surface area contributed by atoms with Gasteiger partial charge in [-0.1, -0.05) is 13.0 Å². The quantitative estimate of drug-likeness (QED) is 0.903. The first-order valence-corrected chi connectivity index (χ1v) is 6.23. The lowest BCUT2D eigenvalue weighted by molar-refractivity contribution is 0.554. The van der Waals surface area contributed by atoms with E-state index in [1.165, 1.54) is 12.1 Å². The largest absolute Gasteiger partial charge is 0.453 e. The predicted octanol–water partition coefficient (Wildman–Crippen LogP) is 4.08. The second kappa shape index (κ2) is 5.55. The summed E-state index contributed by atoms with van der Waals surface area (Å²) in [5.74, 6) is -0.232. The third kappa shape index (κ3) is 2.57. The Morgan fingerprint density at radius 2 is 2.11 bits per heavy atom. The highest BCUT2D eigenvalue weighted by Gasteiger charge is 2.19. The fraction of sp³-hybridized carbons (Fsp3) is 0.286. The molecule has 96 valence electrons. The fourth-order valence-electron chi connectivity index (χ4n) is 2.06. The second-order valence-electron chi connectivity index (χ2n) is 4.14. The van der Waals surface area contributed by atoms with Crippen molar-refractivity contribution in [2.75, 3.05) is 6.54 Å². The molecule has 1 atom stereocenters. The maximum atomic E-state index is 13.2. The third-order valence-corrected chi connectivity index (χ3v) is 3.22. The van der Waals surface area contributed by atoms with Gasteiger partial charge >= 0.3 is 0 Å².